The number of nitrogens with one attached hydrogen (secondary N) is 1. The van der Waals surface area contributed by atoms with Crippen LogP contribution < -0.4 is 5.56 Å². The third-order valence-electron chi connectivity index (χ3n) is 4.36. The number of rotatable bonds is 2. The Bertz CT molecular complexity index is 499. The topological polar surface area (TPSA) is 45.8 Å². The summed E-state index contributed by atoms with van der Waals surface area (Å²) >= 11 is 3.40. The number of hydrogen-bond acceptors (Lipinski definition) is 2. The van der Waals surface area contributed by atoms with Crippen LogP contribution in [-0.2, 0) is 0 Å². The van der Waals surface area contributed by atoms with Crippen molar-refractivity contribution in [3.63, 3.8) is 0 Å². The summed E-state index contributed by atoms with van der Waals surface area (Å²) < 4.78 is 0.657. The molecule has 1 heterocycles. The Hall–Kier alpha value is -0.640. The fraction of sp³-hybridized carbons (Fsp3) is 0.733. The van der Waals surface area contributed by atoms with Crippen molar-refractivity contribution in [2.75, 3.05) is 0 Å². The van der Waals surface area contributed by atoms with Crippen LogP contribution in [-0.4, -0.2) is 9.97 Å². The van der Waals surface area contributed by atoms with Crippen molar-refractivity contribution in [1.82, 2.24) is 9.97 Å². The zero-order valence-electron chi connectivity index (χ0n) is 11.3. The molecule has 0 radical (unpaired) electrons. The molecule has 104 valence electrons. The van der Waals surface area contributed by atoms with Crippen LogP contribution in [0.15, 0.2) is 9.27 Å². The SMILES string of the molecule is O=c1[nH]c(C2CCCCCCC2)nc(C2CC2)c1Br. The smallest absolute Gasteiger partial charge is 0.265 e. The molecule has 1 aromatic rings. The zero-order valence-corrected chi connectivity index (χ0v) is 12.8. The molecule has 2 aliphatic carbocycles. The first-order chi connectivity index (χ1) is 9.25. The number of nitrogens with zero attached hydrogens (tertiary/aromatic N) is 1. The van der Waals surface area contributed by atoms with Crippen LogP contribution in [0.25, 0.3) is 0 Å². The lowest BCUT2D eigenvalue weighted by atomic mass is 9.90. The summed E-state index contributed by atoms with van der Waals surface area (Å²) in [6.07, 6.45) is 11.3. The van der Waals surface area contributed by atoms with Crippen LogP contribution in [0.2, 0.25) is 0 Å². The molecule has 19 heavy (non-hydrogen) atoms. The highest BCUT2D eigenvalue weighted by molar-refractivity contribution is 9.10. The molecule has 0 atom stereocenters. The molecule has 0 saturated heterocycles. The fourth-order valence-corrected chi connectivity index (χ4v) is 3.56. The van der Waals surface area contributed by atoms with Gasteiger partial charge in [-0.05, 0) is 41.6 Å². The van der Waals surface area contributed by atoms with E-state index in [0.29, 0.717) is 16.3 Å². The van der Waals surface area contributed by atoms with Crippen LogP contribution in [0.3, 0.4) is 0 Å². The average molecular weight is 325 g/mol. The first-order valence-electron chi connectivity index (χ1n) is 7.55. The third-order valence-corrected chi connectivity index (χ3v) is 5.13. The van der Waals surface area contributed by atoms with Gasteiger partial charge in [-0.3, -0.25) is 4.79 Å². The van der Waals surface area contributed by atoms with Gasteiger partial charge in [0.2, 0.25) is 0 Å². The van der Waals surface area contributed by atoms with E-state index in [1.807, 2.05) is 0 Å². The normalized spacial score (nSPS) is 21.9. The first kappa shape index (κ1) is 13.3. The molecular weight excluding hydrogens is 304 g/mol. The monoisotopic (exact) mass is 324 g/mol. The second kappa shape index (κ2) is 5.78. The quantitative estimate of drug-likeness (QED) is 0.884. The molecule has 0 unspecified atom stereocenters. The van der Waals surface area contributed by atoms with E-state index in [4.69, 9.17) is 4.98 Å². The Morgan fingerprint density at radius 2 is 1.58 bits per heavy atom. The summed E-state index contributed by atoms with van der Waals surface area (Å²) in [5.74, 6) is 1.92. The number of halogens is 1. The van der Waals surface area contributed by atoms with Gasteiger partial charge in [0.25, 0.3) is 5.56 Å². The van der Waals surface area contributed by atoms with E-state index in [1.54, 1.807) is 0 Å². The standard InChI is InChI=1S/C15H21BrN2O/c16-12-13(10-8-9-10)17-14(18-15(12)19)11-6-4-2-1-3-5-7-11/h10-11H,1-9H2,(H,17,18,19). The zero-order chi connectivity index (χ0) is 13.2. The lowest BCUT2D eigenvalue weighted by Crippen LogP contribution is -2.18. The number of hydrogen-bond donors (Lipinski definition) is 1. The Kier molecular flexibility index (Phi) is 4.06. The Morgan fingerprint density at radius 3 is 2.21 bits per heavy atom. The first-order valence-corrected chi connectivity index (χ1v) is 8.34. The number of aromatic nitrogens is 2. The molecular formula is C15H21BrN2O. The third kappa shape index (κ3) is 3.10. The van der Waals surface area contributed by atoms with Gasteiger partial charge in [-0.25, -0.2) is 4.98 Å². The second-order valence-electron chi connectivity index (χ2n) is 5.97. The van der Waals surface area contributed by atoms with E-state index in [9.17, 15) is 4.79 Å². The van der Waals surface area contributed by atoms with E-state index in [-0.39, 0.29) is 5.56 Å². The van der Waals surface area contributed by atoms with Crippen LogP contribution in [0.4, 0.5) is 0 Å². The molecule has 2 fully saturated rings. The van der Waals surface area contributed by atoms with Crippen molar-refractivity contribution in [2.24, 2.45) is 0 Å². The number of H-pyrrole nitrogens is 1. The highest BCUT2D eigenvalue weighted by atomic mass is 79.9. The molecule has 3 rings (SSSR count). The van der Waals surface area contributed by atoms with Crippen LogP contribution in [0.1, 0.15) is 81.1 Å². The predicted molar refractivity (Wildman–Crippen MR) is 79.6 cm³/mol. The maximum absolute atomic E-state index is 12.0. The molecule has 0 spiro atoms. The summed E-state index contributed by atoms with van der Waals surface area (Å²) in [5, 5.41) is 0. The average Bonchev–Trinajstić information content (AvgIpc) is 3.16. The van der Waals surface area contributed by atoms with Gasteiger partial charge in [0.1, 0.15) is 10.3 Å². The van der Waals surface area contributed by atoms with Crippen molar-refractivity contribution in [1.29, 1.82) is 0 Å². The van der Waals surface area contributed by atoms with E-state index >= 15 is 0 Å². The van der Waals surface area contributed by atoms with Gasteiger partial charge in [-0.15, -0.1) is 0 Å². The van der Waals surface area contributed by atoms with Crippen LogP contribution in [0.5, 0.6) is 0 Å². The molecule has 0 aromatic carbocycles. The maximum Gasteiger partial charge on any atom is 0.265 e. The maximum atomic E-state index is 12.0. The summed E-state index contributed by atoms with van der Waals surface area (Å²) in [4.78, 5) is 19.8. The molecule has 1 N–H and O–H groups in total. The summed E-state index contributed by atoms with van der Waals surface area (Å²) in [5.41, 5.74) is 1.01. The van der Waals surface area contributed by atoms with E-state index < -0.39 is 0 Å². The summed E-state index contributed by atoms with van der Waals surface area (Å²) in [6.45, 7) is 0. The summed E-state index contributed by atoms with van der Waals surface area (Å²) in [6, 6.07) is 0. The molecule has 1 aromatic heterocycles. The van der Waals surface area contributed by atoms with E-state index in [0.717, 1.165) is 11.5 Å². The fourth-order valence-electron chi connectivity index (χ4n) is 3.04. The van der Waals surface area contributed by atoms with Gasteiger partial charge in [0, 0.05) is 11.8 Å². The Labute approximate surface area is 122 Å². The minimum Gasteiger partial charge on any atom is -0.309 e. The molecule has 0 aliphatic heterocycles. The van der Waals surface area contributed by atoms with Crippen LogP contribution in [0, 0.1) is 0 Å². The minimum absolute atomic E-state index is 0.00830. The molecule has 0 amide bonds. The highest BCUT2D eigenvalue weighted by Crippen LogP contribution is 2.41. The van der Waals surface area contributed by atoms with E-state index in [1.165, 1.54) is 57.8 Å². The lowest BCUT2D eigenvalue weighted by molar-refractivity contribution is 0.440. The van der Waals surface area contributed by atoms with Crippen molar-refractivity contribution in [3.8, 4) is 0 Å². The van der Waals surface area contributed by atoms with Gasteiger partial charge < -0.3 is 4.98 Å². The molecule has 0 bridgehead atoms. The Morgan fingerprint density at radius 1 is 0.947 bits per heavy atom. The van der Waals surface area contributed by atoms with Gasteiger partial charge in [0.15, 0.2) is 0 Å². The van der Waals surface area contributed by atoms with Gasteiger partial charge in [0.05, 0.1) is 5.69 Å². The summed E-state index contributed by atoms with van der Waals surface area (Å²) in [7, 11) is 0. The van der Waals surface area contributed by atoms with E-state index in [2.05, 4.69) is 20.9 Å². The molecule has 3 nitrogen and oxygen atoms in total. The molecule has 2 aliphatic rings. The van der Waals surface area contributed by atoms with Crippen molar-refractivity contribution >= 4 is 15.9 Å². The van der Waals surface area contributed by atoms with Gasteiger partial charge in [-0.2, -0.15) is 0 Å². The lowest BCUT2D eigenvalue weighted by Gasteiger charge is -2.19. The predicted octanol–water partition coefficient (Wildman–Crippen LogP) is 4.24. The minimum atomic E-state index is 0.00830. The van der Waals surface area contributed by atoms with Gasteiger partial charge in [-0.1, -0.05) is 32.1 Å². The van der Waals surface area contributed by atoms with Crippen molar-refractivity contribution < 1.29 is 0 Å². The Balaban J connectivity index is 1.88. The largest absolute Gasteiger partial charge is 0.309 e. The van der Waals surface area contributed by atoms with Crippen molar-refractivity contribution in [3.05, 3.63) is 26.3 Å². The van der Waals surface area contributed by atoms with Crippen LogP contribution >= 0.6 is 15.9 Å². The van der Waals surface area contributed by atoms with Crippen molar-refractivity contribution in [2.45, 2.75) is 69.6 Å². The molecule has 4 heteroatoms. The second-order valence-corrected chi connectivity index (χ2v) is 6.76. The number of aromatic amines is 1. The molecule has 2 saturated carbocycles. The highest BCUT2D eigenvalue weighted by Gasteiger charge is 2.29. The van der Waals surface area contributed by atoms with Gasteiger partial charge >= 0.3 is 0 Å².